The predicted octanol–water partition coefficient (Wildman–Crippen LogP) is 2.04. The van der Waals surface area contributed by atoms with E-state index < -0.39 is 0 Å². The van der Waals surface area contributed by atoms with E-state index in [9.17, 15) is 4.79 Å². The molecule has 2 heterocycles. The van der Waals surface area contributed by atoms with Gasteiger partial charge in [-0.05, 0) is 24.1 Å². The summed E-state index contributed by atoms with van der Waals surface area (Å²) in [5.41, 5.74) is 2.02. The second-order valence-corrected chi connectivity index (χ2v) is 6.10. The number of carbonyl (C=O) groups excluding carboxylic acids is 1. The van der Waals surface area contributed by atoms with Gasteiger partial charge in [-0.1, -0.05) is 0 Å². The van der Waals surface area contributed by atoms with Crippen LogP contribution in [0.25, 0.3) is 0 Å². The Morgan fingerprint density at radius 3 is 2.52 bits per heavy atom. The van der Waals surface area contributed by atoms with E-state index in [0.29, 0.717) is 6.42 Å². The van der Waals surface area contributed by atoms with E-state index in [1.54, 1.807) is 26.6 Å². The summed E-state index contributed by atoms with van der Waals surface area (Å²) in [6.07, 6.45) is 4.71. The summed E-state index contributed by atoms with van der Waals surface area (Å²) >= 11 is 0. The maximum atomic E-state index is 12.2. The highest BCUT2D eigenvalue weighted by atomic mass is 16.5. The molecule has 1 aromatic carbocycles. The van der Waals surface area contributed by atoms with Crippen LogP contribution in [-0.4, -0.2) is 44.2 Å². The molecule has 0 aliphatic carbocycles. The van der Waals surface area contributed by atoms with E-state index >= 15 is 0 Å². The molecule has 25 heavy (non-hydrogen) atoms. The summed E-state index contributed by atoms with van der Waals surface area (Å²) in [7, 11) is 3.29. The molecule has 1 aliphatic rings. The van der Waals surface area contributed by atoms with Crippen LogP contribution < -0.4 is 19.7 Å². The van der Waals surface area contributed by atoms with Crippen LogP contribution >= 0.6 is 0 Å². The summed E-state index contributed by atoms with van der Waals surface area (Å²) in [5.74, 6) is 1.57. The van der Waals surface area contributed by atoms with Gasteiger partial charge in [0.2, 0.25) is 5.91 Å². The van der Waals surface area contributed by atoms with Crippen LogP contribution in [0.15, 0.2) is 42.7 Å². The van der Waals surface area contributed by atoms with Crippen molar-refractivity contribution in [1.29, 1.82) is 0 Å². The molecule has 3 rings (SSSR count). The van der Waals surface area contributed by atoms with Crippen molar-refractivity contribution in [3.63, 3.8) is 0 Å². The molecule has 6 heteroatoms. The number of ether oxygens (including phenoxy) is 2. The van der Waals surface area contributed by atoms with E-state index in [1.807, 2.05) is 30.3 Å². The third-order valence-electron chi connectivity index (χ3n) is 4.37. The molecule has 1 N–H and O–H groups in total. The SMILES string of the molecule is COc1cc(OC)cc(N2CC[C@H](NC(=O)Cc3ccncc3)C2)c1. The fraction of sp³-hybridized carbons (Fsp3) is 0.368. The number of benzene rings is 1. The first kappa shape index (κ1) is 17.1. The van der Waals surface area contributed by atoms with Crippen LogP contribution in [-0.2, 0) is 11.2 Å². The topological polar surface area (TPSA) is 63.7 Å². The van der Waals surface area contributed by atoms with Gasteiger partial charge in [0.05, 0.1) is 20.6 Å². The Kier molecular flexibility index (Phi) is 5.38. The van der Waals surface area contributed by atoms with Gasteiger partial charge in [0.15, 0.2) is 0 Å². The molecule has 0 unspecified atom stereocenters. The first-order valence-corrected chi connectivity index (χ1v) is 8.34. The smallest absolute Gasteiger partial charge is 0.224 e. The lowest BCUT2D eigenvalue weighted by atomic mass is 10.2. The Hall–Kier alpha value is -2.76. The number of rotatable bonds is 6. The predicted molar refractivity (Wildman–Crippen MR) is 96.2 cm³/mol. The second kappa shape index (κ2) is 7.88. The first-order chi connectivity index (χ1) is 12.2. The Balaban J connectivity index is 1.59. The highest BCUT2D eigenvalue weighted by Gasteiger charge is 2.24. The quantitative estimate of drug-likeness (QED) is 0.871. The van der Waals surface area contributed by atoms with Crippen molar-refractivity contribution < 1.29 is 14.3 Å². The van der Waals surface area contributed by atoms with Crippen molar-refractivity contribution in [3.8, 4) is 11.5 Å². The zero-order valence-electron chi connectivity index (χ0n) is 14.6. The van der Waals surface area contributed by atoms with Gasteiger partial charge in [0.25, 0.3) is 0 Å². The molecule has 0 radical (unpaired) electrons. The van der Waals surface area contributed by atoms with E-state index in [2.05, 4.69) is 15.2 Å². The van der Waals surface area contributed by atoms with Crippen LogP contribution in [0.3, 0.4) is 0 Å². The lowest BCUT2D eigenvalue weighted by Gasteiger charge is -2.20. The molecule has 2 aromatic rings. The lowest BCUT2D eigenvalue weighted by Crippen LogP contribution is -2.37. The van der Waals surface area contributed by atoms with Gasteiger partial charge in [-0.15, -0.1) is 0 Å². The van der Waals surface area contributed by atoms with Gasteiger partial charge in [0.1, 0.15) is 11.5 Å². The van der Waals surface area contributed by atoms with Crippen LogP contribution in [0.1, 0.15) is 12.0 Å². The summed E-state index contributed by atoms with van der Waals surface area (Å²) in [4.78, 5) is 18.4. The Bertz CT molecular complexity index is 699. The second-order valence-electron chi connectivity index (χ2n) is 6.10. The van der Waals surface area contributed by atoms with Gasteiger partial charge < -0.3 is 19.7 Å². The van der Waals surface area contributed by atoms with Crippen molar-refractivity contribution in [2.45, 2.75) is 18.9 Å². The summed E-state index contributed by atoms with van der Waals surface area (Å²) in [6, 6.07) is 9.71. The van der Waals surface area contributed by atoms with Crippen LogP contribution in [0.4, 0.5) is 5.69 Å². The summed E-state index contributed by atoms with van der Waals surface area (Å²) < 4.78 is 10.7. The van der Waals surface area contributed by atoms with Crippen molar-refractivity contribution >= 4 is 11.6 Å². The number of amides is 1. The lowest BCUT2D eigenvalue weighted by molar-refractivity contribution is -0.121. The summed E-state index contributed by atoms with van der Waals surface area (Å²) in [6.45, 7) is 1.66. The highest BCUT2D eigenvalue weighted by molar-refractivity contribution is 5.79. The minimum absolute atomic E-state index is 0.0428. The standard InChI is InChI=1S/C19H23N3O3/c1-24-17-10-16(11-18(12-17)25-2)22-8-5-15(13-22)21-19(23)9-14-3-6-20-7-4-14/h3-4,6-7,10-12,15H,5,8-9,13H2,1-2H3,(H,21,23)/t15-/m0/s1. The molecule has 1 amide bonds. The van der Waals surface area contributed by atoms with Gasteiger partial charge in [-0.2, -0.15) is 0 Å². The van der Waals surface area contributed by atoms with Gasteiger partial charge >= 0.3 is 0 Å². The maximum absolute atomic E-state index is 12.2. The third kappa shape index (κ3) is 4.41. The number of pyridine rings is 1. The third-order valence-corrected chi connectivity index (χ3v) is 4.37. The highest BCUT2D eigenvalue weighted by Crippen LogP contribution is 2.30. The molecule has 1 fully saturated rings. The normalized spacial score (nSPS) is 16.6. The average Bonchev–Trinajstić information content (AvgIpc) is 3.10. The van der Waals surface area contributed by atoms with Crippen molar-refractivity contribution in [2.75, 3.05) is 32.2 Å². The monoisotopic (exact) mass is 341 g/mol. The van der Waals surface area contributed by atoms with Gasteiger partial charge in [0, 0.05) is 55.4 Å². The molecule has 1 aliphatic heterocycles. The minimum atomic E-state index is 0.0428. The van der Waals surface area contributed by atoms with Crippen LogP contribution in [0.2, 0.25) is 0 Å². The number of hydrogen-bond donors (Lipinski definition) is 1. The molecule has 0 spiro atoms. The van der Waals surface area contributed by atoms with Gasteiger partial charge in [-0.3, -0.25) is 9.78 Å². The molecule has 0 saturated carbocycles. The minimum Gasteiger partial charge on any atom is -0.497 e. The van der Waals surface area contributed by atoms with E-state index in [1.165, 1.54) is 0 Å². The number of nitrogens with zero attached hydrogens (tertiary/aromatic N) is 2. The number of aromatic nitrogens is 1. The molecule has 0 bridgehead atoms. The number of hydrogen-bond acceptors (Lipinski definition) is 5. The molecular weight excluding hydrogens is 318 g/mol. The number of anilines is 1. The Morgan fingerprint density at radius 2 is 1.88 bits per heavy atom. The van der Waals surface area contributed by atoms with E-state index in [0.717, 1.165) is 42.3 Å². The number of carbonyl (C=O) groups is 1. The van der Waals surface area contributed by atoms with E-state index in [-0.39, 0.29) is 11.9 Å². The number of nitrogens with one attached hydrogen (secondary N) is 1. The van der Waals surface area contributed by atoms with Crippen molar-refractivity contribution in [3.05, 3.63) is 48.3 Å². The fourth-order valence-corrected chi connectivity index (χ4v) is 3.05. The Labute approximate surface area is 147 Å². The zero-order chi connectivity index (χ0) is 17.6. The molecule has 6 nitrogen and oxygen atoms in total. The molecule has 1 atom stereocenters. The molecule has 1 saturated heterocycles. The molecular formula is C19H23N3O3. The summed E-state index contributed by atoms with van der Waals surface area (Å²) in [5, 5.41) is 3.12. The Morgan fingerprint density at radius 1 is 1.20 bits per heavy atom. The number of methoxy groups -OCH3 is 2. The first-order valence-electron chi connectivity index (χ1n) is 8.34. The van der Waals surface area contributed by atoms with Crippen molar-refractivity contribution in [2.24, 2.45) is 0 Å². The zero-order valence-corrected chi connectivity index (χ0v) is 14.6. The fourth-order valence-electron chi connectivity index (χ4n) is 3.05. The maximum Gasteiger partial charge on any atom is 0.224 e. The van der Waals surface area contributed by atoms with E-state index in [4.69, 9.17) is 9.47 Å². The molecule has 1 aromatic heterocycles. The van der Waals surface area contributed by atoms with Crippen molar-refractivity contribution in [1.82, 2.24) is 10.3 Å². The largest absolute Gasteiger partial charge is 0.497 e. The van der Waals surface area contributed by atoms with Crippen LogP contribution in [0.5, 0.6) is 11.5 Å². The van der Waals surface area contributed by atoms with Crippen LogP contribution in [0, 0.1) is 0 Å². The van der Waals surface area contributed by atoms with Gasteiger partial charge in [-0.25, -0.2) is 0 Å². The molecule has 132 valence electrons. The average molecular weight is 341 g/mol.